The number of aliphatic hydroxyl groups is 1. The molecule has 0 aliphatic heterocycles. The third kappa shape index (κ3) is 4.41. The molecule has 0 fully saturated rings. The molecule has 3 N–H and O–H groups in total. The number of hydrogen-bond donors (Lipinski definition) is 3. The molecule has 0 saturated heterocycles. The molecule has 0 aliphatic carbocycles. The summed E-state index contributed by atoms with van der Waals surface area (Å²) in [7, 11) is 0. The largest absolute Gasteiger partial charge is 0.508 e. The fourth-order valence-corrected chi connectivity index (χ4v) is 1.97. The van der Waals surface area contributed by atoms with Gasteiger partial charge in [0.2, 0.25) is 0 Å². The molecule has 0 unspecified atom stereocenters. The molecule has 1 aromatic heterocycles. The molecule has 0 saturated carbocycles. The first-order chi connectivity index (χ1) is 10.4. The average molecular weight is 315 g/mol. The lowest BCUT2D eigenvalue weighted by Crippen LogP contribution is -2.35. The number of aliphatic hydroxyl groups excluding tert-OH is 1. The van der Waals surface area contributed by atoms with Crippen LogP contribution in [0.4, 0.5) is 0 Å². The number of nitrogens with zero attached hydrogens (tertiary/aromatic N) is 1. The van der Waals surface area contributed by atoms with E-state index in [0.29, 0.717) is 12.1 Å². The van der Waals surface area contributed by atoms with E-state index in [-0.39, 0.29) is 24.3 Å². The Balaban J connectivity index is 0.00000264. The Hall–Kier alpha value is -3.15. The number of carboxylic acids is 2. The van der Waals surface area contributed by atoms with Gasteiger partial charge in [0.1, 0.15) is 11.3 Å². The molecule has 2 rings (SSSR count). The normalized spacial score (nSPS) is 9.74. The number of aromatic carboxylic acids is 2. The smallest absolute Gasteiger partial charge is 0.341 e. The topological polar surface area (TPSA) is 98.7 Å². The van der Waals surface area contributed by atoms with Gasteiger partial charge in [0.15, 0.2) is 18.9 Å². The summed E-state index contributed by atoms with van der Waals surface area (Å²) in [4.78, 5) is 21.9. The third-order valence-electron chi connectivity index (χ3n) is 3.07. The predicted octanol–water partition coefficient (Wildman–Crippen LogP) is 2.40. The number of pyridine rings is 1. The summed E-state index contributed by atoms with van der Waals surface area (Å²) in [6.07, 6.45) is 3.00. The highest BCUT2D eigenvalue weighted by Crippen LogP contribution is 2.10. The van der Waals surface area contributed by atoms with E-state index in [1.54, 1.807) is 22.9 Å². The molecule has 120 valence electrons. The van der Waals surface area contributed by atoms with Crippen molar-refractivity contribution in [1.29, 1.82) is 0 Å². The van der Waals surface area contributed by atoms with Crippen LogP contribution < -0.4 is 4.57 Å². The van der Waals surface area contributed by atoms with E-state index in [1.165, 1.54) is 24.4 Å². The molecule has 0 atom stereocenters. The maximum atomic E-state index is 11.1. The lowest BCUT2D eigenvalue weighted by Gasteiger charge is -2.03. The molecule has 0 aliphatic rings. The van der Waals surface area contributed by atoms with Gasteiger partial charge in [-0.2, -0.15) is 4.57 Å². The van der Waals surface area contributed by atoms with Gasteiger partial charge in [-0.25, -0.2) is 9.59 Å². The summed E-state index contributed by atoms with van der Waals surface area (Å²) in [5.74, 6) is -2.35. The summed E-state index contributed by atoms with van der Waals surface area (Å²) in [6, 6.07) is 7.58. The number of hydrogen-bond acceptors (Lipinski definition) is 3. The second-order valence-electron chi connectivity index (χ2n) is 4.74. The van der Waals surface area contributed by atoms with Gasteiger partial charge in [0, 0.05) is 5.56 Å². The van der Waals surface area contributed by atoms with E-state index < -0.39 is 11.9 Å². The van der Waals surface area contributed by atoms with Crippen molar-refractivity contribution in [3.05, 3.63) is 79.0 Å². The van der Waals surface area contributed by atoms with Crippen LogP contribution in [0, 0.1) is 7.43 Å². The lowest BCUT2D eigenvalue weighted by atomic mass is 10.1. The molecule has 0 radical (unpaired) electrons. The zero-order valence-corrected chi connectivity index (χ0v) is 12.6. The fraction of sp³-hybridized carbons (Fsp3) is 0.0588. The van der Waals surface area contributed by atoms with Crippen LogP contribution in [0.2, 0.25) is 0 Å². The summed E-state index contributed by atoms with van der Waals surface area (Å²) in [5, 5.41) is 27.4. The van der Waals surface area contributed by atoms with E-state index in [4.69, 9.17) is 10.2 Å². The van der Waals surface area contributed by atoms with Crippen molar-refractivity contribution < 1.29 is 29.5 Å². The molecule has 1 heterocycles. The molecule has 6 heteroatoms. The van der Waals surface area contributed by atoms with Crippen molar-refractivity contribution in [1.82, 2.24) is 0 Å². The maximum Gasteiger partial charge on any atom is 0.341 e. The molecular weight excluding hydrogens is 298 g/mol. The summed E-state index contributed by atoms with van der Waals surface area (Å²) >= 11 is 0. The van der Waals surface area contributed by atoms with E-state index in [1.807, 2.05) is 0 Å². The van der Waals surface area contributed by atoms with Gasteiger partial charge in [-0.05, 0) is 18.2 Å². The Morgan fingerprint density at radius 3 is 1.91 bits per heavy atom. The number of carbonyl (C=O) groups is 2. The SMILES string of the molecule is C=C(O)c1cc(C(=O)O)c[n+](Cc2ccc(C(=O)O)cc2)c1.[CH3-]. The Bertz CT molecular complexity index is 718. The fourth-order valence-electron chi connectivity index (χ4n) is 1.97. The van der Waals surface area contributed by atoms with Gasteiger partial charge in [-0.1, -0.05) is 18.7 Å². The molecular formula is C17H17NO5. The van der Waals surface area contributed by atoms with E-state index in [2.05, 4.69) is 6.58 Å². The number of rotatable bonds is 5. The minimum atomic E-state index is -1.11. The summed E-state index contributed by atoms with van der Waals surface area (Å²) in [6.45, 7) is 3.72. The van der Waals surface area contributed by atoms with Gasteiger partial charge in [0.05, 0.1) is 11.1 Å². The highest BCUT2D eigenvalue weighted by atomic mass is 16.4. The van der Waals surface area contributed by atoms with Crippen LogP contribution >= 0.6 is 0 Å². The van der Waals surface area contributed by atoms with Crippen LogP contribution in [0.25, 0.3) is 5.76 Å². The number of carboxylic acid groups (broad SMARTS) is 2. The van der Waals surface area contributed by atoms with Crippen molar-refractivity contribution in [2.24, 2.45) is 0 Å². The zero-order valence-electron chi connectivity index (χ0n) is 12.6. The van der Waals surface area contributed by atoms with Gasteiger partial charge >= 0.3 is 11.9 Å². The molecule has 1 aromatic carbocycles. The Morgan fingerprint density at radius 1 is 0.913 bits per heavy atom. The highest BCUT2D eigenvalue weighted by molar-refractivity contribution is 5.88. The molecule has 23 heavy (non-hydrogen) atoms. The zero-order chi connectivity index (χ0) is 16.3. The first kappa shape index (κ1) is 17.9. The van der Waals surface area contributed by atoms with Crippen LogP contribution in [0.1, 0.15) is 31.8 Å². The number of aromatic nitrogens is 1. The molecule has 0 amide bonds. The standard InChI is InChI=1S/C16H13NO5.CH3/c1-10(18)13-6-14(16(21)22)9-17(8-13)7-11-2-4-12(5-3-11)15(19)20;/h2-6,8-9H,1,7H2,(H2-,18,19,20,21,22);1H3/q;-1/p+1. The van der Waals surface area contributed by atoms with E-state index in [9.17, 15) is 14.7 Å². The average Bonchev–Trinajstić information content (AvgIpc) is 2.47. The van der Waals surface area contributed by atoms with Crippen molar-refractivity contribution in [3.63, 3.8) is 0 Å². The lowest BCUT2D eigenvalue weighted by molar-refractivity contribution is -0.688. The summed E-state index contributed by atoms with van der Waals surface area (Å²) < 4.78 is 1.59. The van der Waals surface area contributed by atoms with Crippen LogP contribution in [-0.4, -0.2) is 27.3 Å². The Morgan fingerprint density at radius 2 is 1.43 bits per heavy atom. The molecule has 6 nitrogen and oxygen atoms in total. The highest BCUT2D eigenvalue weighted by Gasteiger charge is 2.15. The second kappa shape index (κ2) is 7.22. The van der Waals surface area contributed by atoms with E-state index >= 15 is 0 Å². The predicted molar refractivity (Wildman–Crippen MR) is 84.2 cm³/mol. The minimum absolute atomic E-state index is 0. The van der Waals surface area contributed by atoms with Crippen LogP contribution in [0.3, 0.4) is 0 Å². The summed E-state index contributed by atoms with van der Waals surface area (Å²) in [5.41, 5.74) is 1.31. The van der Waals surface area contributed by atoms with Crippen molar-refractivity contribution in [2.75, 3.05) is 0 Å². The Labute approximate surface area is 133 Å². The monoisotopic (exact) mass is 315 g/mol. The van der Waals surface area contributed by atoms with E-state index in [0.717, 1.165) is 5.56 Å². The first-order valence-electron chi connectivity index (χ1n) is 6.34. The maximum absolute atomic E-state index is 11.1. The quantitative estimate of drug-likeness (QED) is 0.447. The first-order valence-corrected chi connectivity index (χ1v) is 6.34. The minimum Gasteiger partial charge on any atom is -0.508 e. The van der Waals surface area contributed by atoms with Gasteiger partial charge < -0.3 is 22.7 Å². The van der Waals surface area contributed by atoms with Crippen LogP contribution in [0.15, 0.2) is 49.3 Å². The van der Waals surface area contributed by atoms with Crippen LogP contribution in [0.5, 0.6) is 0 Å². The van der Waals surface area contributed by atoms with Gasteiger partial charge in [0.25, 0.3) is 0 Å². The van der Waals surface area contributed by atoms with Crippen LogP contribution in [-0.2, 0) is 6.54 Å². The van der Waals surface area contributed by atoms with Crippen molar-refractivity contribution >= 4 is 17.7 Å². The van der Waals surface area contributed by atoms with Gasteiger partial charge in [-0.15, -0.1) is 0 Å². The Kier molecular flexibility index (Phi) is 5.62. The van der Waals surface area contributed by atoms with Crippen molar-refractivity contribution in [3.8, 4) is 0 Å². The molecule has 2 aromatic rings. The number of benzene rings is 1. The molecule has 0 spiro atoms. The molecule has 0 bridgehead atoms. The second-order valence-corrected chi connectivity index (χ2v) is 4.74. The third-order valence-corrected chi connectivity index (χ3v) is 3.07. The van der Waals surface area contributed by atoms with Gasteiger partial charge in [-0.3, -0.25) is 0 Å². The van der Waals surface area contributed by atoms with Crippen molar-refractivity contribution in [2.45, 2.75) is 6.54 Å².